The summed E-state index contributed by atoms with van der Waals surface area (Å²) in [6.45, 7) is 2.12. The van der Waals surface area contributed by atoms with Crippen LogP contribution in [0.1, 0.15) is 25.1 Å². The van der Waals surface area contributed by atoms with Gasteiger partial charge in [0.1, 0.15) is 6.17 Å². The van der Waals surface area contributed by atoms with E-state index in [0.717, 1.165) is 5.56 Å². The van der Waals surface area contributed by atoms with E-state index in [0.29, 0.717) is 11.6 Å². The van der Waals surface area contributed by atoms with Crippen molar-refractivity contribution in [3.05, 3.63) is 34.9 Å². The molecule has 0 aliphatic carbocycles. The molecule has 0 bridgehead atoms. The quantitative estimate of drug-likeness (QED) is 0.860. The molecule has 1 saturated heterocycles. The molecule has 0 radical (unpaired) electrons. The Balaban J connectivity index is 2.17. The number of ether oxygens (including phenoxy) is 1. The van der Waals surface area contributed by atoms with Crippen LogP contribution in [-0.2, 0) is 14.3 Å². The Bertz CT molecular complexity index is 521. The van der Waals surface area contributed by atoms with Crippen molar-refractivity contribution in [1.82, 2.24) is 10.2 Å². The highest BCUT2D eigenvalue weighted by Crippen LogP contribution is 2.27. The van der Waals surface area contributed by atoms with Crippen molar-refractivity contribution in [3.8, 4) is 0 Å². The Morgan fingerprint density at radius 2 is 2.25 bits per heavy atom. The number of hydrogen-bond acceptors (Lipinski definition) is 4. The molecule has 2 rings (SSSR count). The second-order valence-corrected chi connectivity index (χ2v) is 5.14. The molecule has 5 nitrogen and oxygen atoms in total. The fraction of sp³-hybridized carbons (Fsp3) is 0.429. The van der Waals surface area contributed by atoms with Crippen molar-refractivity contribution >= 4 is 23.5 Å². The number of carbonyl (C=O) groups excluding carboxylic acids is 2. The smallest absolute Gasteiger partial charge is 0.307 e. The Morgan fingerprint density at radius 1 is 1.50 bits per heavy atom. The van der Waals surface area contributed by atoms with Gasteiger partial charge in [-0.3, -0.25) is 14.9 Å². The highest BCUT2D eigenvalue weighted by Gasteiger charge is 2.37. The Hall–Kier alpha value is -1.59. The van der Waals surface area contributed by atoms with Gasteiger partial charge >= 0.3 is 5.97 Å². The molecular formula is C14H17ClN2O3. The maximum Gasteiger partial charge on any atom is 0.307 e. The molecule has 1 aliphatic heterocycles. The first-order valence-electron chi connectivity index (χ1n) is 6.41. The van der Waals surface area contributed by atoms with Crippen LogP contribution in [-0.4, -0.2) is 36.5 Å². The number of benzene rings is 1. The minimum absolute atomic E-state index is 0.0288. The van der Waals surface area contributed by atoms with Crippen LogP contribution in [0.15, 0.2) is 24.3 Å². The zero-order valence-corrected chi connectivity index (χ0v) is 12.2. The summed E-state index contributed by atoms with van der Waals surface area (Å²) >= 11 is 5.99. The van der Waals surface area contributed by atoms with E-state index in [2.05, 4.69) is 10.1 Å². The second kappa shape index (κ2) is 6.24. The molecule has 6 heteroatoms. The molecule has 2 unspecified atom stereocenters. The SMILES string of the molecule is COC(=O)CCN1C(=O)C(C)NC1c1cccc(Cl)c1. The number of amides is 1. The van der Waals surface area contributed by atoms with Gasteiger partial charge in [-0.1, -0.05) is 23.7 Å². The maximum absolute atomic E-state index is 12.2. The number of rotatable bonds is 4. The fourth-order valence-electron chi connectivity index (χ4n) is 2.28. The van der Waals surface area contributed by atoms with Crippen molar-refractivity contribution in [2.45, 2.75) is 25.6 Å². The van der Waals surface area contributed by atoms with Gasteiger partial charge in [0.15, 0.2) is 0 Å². The molecule has 1 fully saturated rings. The average molecular weight is 297 g/mol. The molecule has 1 aliphatic rings. The van der Waals surface area contributed by atoms with E-state index < -0.39 is 0 Å². The maximum atomic E-state index is 12.2. The van der Waals surface area contributed by atoms with Crippen LogP contribution in [0, 0.1) is 0 Å². The molecule has 20 heavy (non-hydrogen) atoms. The van der Waals surface area contributed by atoms with Gasteiger partial charge in [-0.05, 0) is 24.6 Å². The zero-order chi connectivity index (χ0) is 14.7. The van der Waals surface area contributed by atoms with E-state index >= 15 is 0 Å². The molecule has 1 N–H and O–H groups in total. The topological polar surface area (TPSA) is 58.6 Å². The van der Waals surface area contributed by atoms with Gasteiger partial charge in [-0.2, -0.15) is 0 Å². The van der Waals surface area contributed by atoms with E-state index in [-0.39, 0.29) is 30.5 Å². The monoisotopic (exact) mass is 296 g/mol. The third-order valence-corrected chi connectivity index (χ3v) is 3.56. The van der Waals surface area contributed by atoms with Crippen molar-refractivity contribution in [2.75, 3.05) is 13.7 Å². The van der Waals surface area contributed by atoms with Crippen LogP contribution in [0.2, 0.25) is 5.02 Å². The molecule has 2 atom stereocenters. The largest absolute Gasteiger partial charge is 0.469 e. The first-order chi connectivity index (χ1) is 9.52. The predicted octanol–water partition coefficient (Wildman–Crippen LogP) is 1.72. The lowest BCUT2D eigenvalue weighted by molar-refractivity contribution is -0.141. The van der Waals surface area contributed by atoms with E-state index in [9.17, 15) is 9.59 Å². The highest BCUT2D eigenvalue weighted by molar-refractivity contribution is 6.30. The number of halogens is 1. The Kier molecular flexibility index (Phi) is 4.62. The number of nitrogens with one attached hydrogen (secondary N) is 1. The van der Waals surface area contributed by atoms with E-state index in [1.54, 1.807) is 17.9 Å². The second-order valence-electron chi connectivity index (χ2n) is 4.70. The lowest BCUT2D eigenvalue weighted by Crippen LogP contribution is -2.32. The summed E-state index contributed by atoms with van der Waals surface area (Å²) in [5, 5.41) is 3.82. The third-order valence-electron chi connectivity index (χ3n) is 3.32. The first-order valence-corrected chi connectivity index (χ1v) is 6.79. The minimum atomic E-state index is -0.331. The summed E-state index contributed by atoms with van der Waals surface area (Å²) in [5.74, 6) is -0.360. The van der Waals surface area contributed by atoms with Gasteiger partial charge in [0.05, 0.1) is 19.6 Å². The first kappa shape index (κ1) is 14.8. The van der Waals surface area contributed by atoms with Gasteiger partial charge in [0.25, 0.3) is 0 Å². The number of esters is 1. The third kappa shape index (κ3) is 3.11. The van der Waals surface area contributed by atoms with Crippen molar-refractivity contribution in [1.29, 1.82) is 0 Å². The number of methoxy groups -OCH3 is 1. The van der Waals surface area contributed by atoms with Crippen molar-refractivity contribution < 1.29 is 14.3 Å². The molecular weight excluding hydrogens is 280 g/mol. The normalized spacial score (nSPS) is 22.1. The lowest BCUT2D eigenvalue weighted by atomic mass is 10.1. The molecule has 1 aromatic carbocycles. The predicted molar refractivity (Wildman–Crippen MR) is 75.1 cm³/mol. The average Bonchev–Trinajstić information content (AvgIpc) is 2.72. The molecule has 0 saturated carbocycles. The van der Waals surface area contributed by atoms with Gasteiger partial charge in [0, 0.05) is 11.6 Å². The fourth-order valence-corrected chi connectivity index (χ4v) is 2.48. The summed E-state index contributed by atoms with van der Waals surface area (Å²) in [7, 11) is 1.34. The summed E-state index contributed by atoms with van der Waals surface area (Å²) in [6.07, 6.45) is -0.0888. The summed E-state index contributed by atoms with van der Waals surface area (Å²) < 4.78 is 4.61. The summed E-state index contributed by atoms with van der Waals surface area (Å²) in [5.41, 5.74) is 0.903. The van der Waals surface area contributed by atoms with Crippen molar-refractivity contribution in [2.24, 2.45) is 0 Å². The van der Waals surface area contributed by atoms with E-state index in [1.165, 1.54) is 7.11 Å². The molecule has 0 aromatic heterocycles. The van der Waals surface area contributed by atoms with E-state index in [1.807, 2.05) is 18.2 Å². The number of carbonyl (C=O) groups is 2. The van der Waals surface area contributed by atoms with E-state index in [4.69, 9.17) is 11.6 Å². The lowest BCUT2D eigenvalue weighted by Gasteiger charge is -2.24. The summed E-state index contributed by atoms with van der Waals surface area (Å²) in [4.78, 5) is 25.1. The molecule has 0 spiro atoms. The molecule has 1 aromatic rings. The molecule has 108 valence electrons. The Morgan fingerprint density at radius 3 is 2.90 bits per heavy atom. The zero-order valence-electron chi connectivity index (χ0n) is 11.4. The number of hydrogen-bond donors (Lipinski definition) is 1. The Labute approximate surface area is 122 Å². The van der Waals surface area contributed by atoms with Crippen LogP contribution >= 0.6 is 11.6 Å². The van der Waals surface area contributed by atoms with Crippen LogP contribution in [0.4, 0.5) is 0 Å². The van der Waals surface area contributed by atoms with Crippen LogP contribution in [0.25, 0.3) is 0 Å². The van der Waals surface area contributed by atoms with Gasteiger partial charge < -0.3 is 9.64 Å². The van der Waals surface area contributed by atoms with Gasteiger partial charge in [-0.25, -0.2) is 0 Å². The highest BCUT2D eigenvalue weighted by atomic mass is 35.5. The van der Waals surface area contributed by atoms with Gasteiger partial charge in [-0.15, -0.1) is 0 Å². The van der Waals surface area contributed by atoms with Crippen LogP contribution < -0.4 is 5.32 Å². The van der Waals surface area contributed by atoms with Crippen LogP contribution in [0.5, 0.6) is 0 Å². The molecule has 1 heterocycles. The van der Waals surface area contributed by atoms with Gasteiger partial charge in [0.2, 0.25) is 5.91 Å². The standard InChI is InChI=1S/C14H17ClN2O3/c1-9-14(19)17(7-6-12(18)20-2)13(16-9)10-4-3-5-11(15)8-10/h3-5,8-9,13,16H,6-7H2,1-2H3. The van der Waals surface area contributed by atoms with Crippen molar-refractivity contribution in [3.63, 3.8) is 0 Å². The number of nitrogens with zero attached hydrogens (tertiary/aromatic N) is 1. The molecule has 1 amide bonds. The van der Waals surface area contributed by atoms with Crippen LogP contribution in [0.3, 0.4) is 0 Å². The minimum Gasteiger partial charge on any atom is -0.469 e. The summed E-state index contributed by atoms with van der Waals surface area (Å²) in [6, 6.07) is 7.06.